The minimum absolute atomic E-state index is 0.160. The van der Waals surface area contributed by atoms with Crippen LogP contribution in [-0.2, 0) is 9.47 Å². The average molecular weight is 385 g/mol. The fourth-order valence-corrected chi connectivity index (χ4v) is 3.64. The van der Waals surface area contributed by atoms with E-state index in [1.807, 2.05) is 6.92 Å². The van der Waals surface area contributed by atoms with Gasteiger partial charge >= 0.3 is 0 Å². The molecular formula is C21H44N4O2. The van der Waals surface area contributed by atoms with Crippen molar-refractivity contribution in [3.63, 3.8) is 0 Å². The highest BCUT2D eigenvalue weighted by Gasteiger charge is 2.35. The maximum atomic E-state index is 6.11. The van der Waals surface area contributed by atoms with Crippen LogP contribution in [0.5, 0.6) is 0 Å². The maximum Gasteiger partial charge on any atom is 0.191 e. The summed E-state index contributed by atoms with van der Waals surface area (Å²) in [6.07, 6.45) is 3.79. The van der Waals surface area contributed by atoms with Gasteiger partial charge in [0.25, 0.3) is 0 Å². The number of ether oxygens (including phenoxy) is 2. The second-order valence-corrected chi connectivity index (χ2v) is 8.83. The summed E-state index contributed by atoms with van der Waals surface area (Å²) in [7, 11) is 4.19. The Bertz CT molecular complexity index is 421. The predicted octanol–water partition coefficient (Wildman–Crippen LogP) is 2.74. The van der Waals surface area contributed by atoms with Crippen LogP contribution in [0.2, 0.25) is 0 Å². The molecule has 1 saturated heterocycles. The van der Waals surface area contributed by atoms with Gasteiger partial charge < -0.3 is 25.0 Å². The number of hydrogen-bond donors (Lipinski definition) is 2. The molecular weight excluding hydrogens is 340 g/mol. The van der Waals surface area contributed by atoms with Gasteiger partial charge in [0.05, 0.1) is 18.8 Å². The fraction of sp³-hybridized carbons (Fsp3) is 0.952. The van der Waals surface area contributed by atoms with Crippen molar-refractivity contribution in [3.8, 4) is 0 Å². The Morgan fingerprint density at radius 2 is 2.00 bits per heavy atom. The van der Waals surface area contributed by atoms with Gasteiger partial charge in [-0.25, -0.2) is 0 Å². The first-order chi connectivity index (χ1) is 12.8. The molecule has 6 nitrogen and oxygen atoms in total. The molecule has 0 amide bonds. The SMILES string of the molecule is CCNC(=NCC(CCN(C)C)OCC)NCC1CCCOC1C(C)(C)C. The Morgan fingerprint density at radius 3 is 2.59 bits per heavy atom. The van der Waals surface area contributed by atoms with Crippen molar-refractivity contribution in [2.75, 3.05) is 53.5 Å². The summed E-state index contributed by atoms with van der Waals surface area (Å²) in [6, 6.07) is 0. The third kappa shape index (κ3) is 9.77. The van der Waals surface area contributed by atoms with Crippen LogP contribution in [0.3, 0.4) is 0 Å². The first-order valence-electron chi connectivity index (χ1n) is 10.7. The number of nitrogens with one attached hydrogen (secondary N) is 2. The molecule has 0 aliphatic carbocycles. The average Bonchev–Trinajstić information content (AvgIpc) is 2.61. The lowest BCUT2D eigenvalue weighted by molar-refractivity contribution is -0.0835. The van der Waals surface area contributed by atoms with Crippen LogP contribution in [0.4, 0.5) is 0 Å². The topological polar surface area (TPSA) is 58.1 Å². The first-order valence-corrected chi connectivity index (χ1v) is 10.7. The van der Waals surface area contributed by atoms with Crippen LogP contribution in [-0.4, -0.2) is 76.6 Å². The smallest absolute Gasteiger partial charge is 0.191 e. The third-order valence-corrected chi connectivity index (χ3v) is 4.93. The monoisotopic (exact) mass is 384 g/mol. The maximum absolute atomic E-state index is 6.11. The molecule has 3 unspecified atom stereocenters. The summed E-state index contributed by atoms with van der Waals surface area (Å²) in [4.78, 5) is 6.98. The van der Waals surface area contributed by atoms with Crippen molar-refractivity contribution >= 4 is 5.96 Å². The normalized spacial score (nSPS) is 22.7. The van der Waals surface area contributed by atoms with E-state index in [0.717, 1.165) is 51.6 Å². The molecule has 2 N–H and O–H groups in total. The zero-order chi connectivity index (χ0) is 20.3. The van der Waals surface area contributed by atoms with Crippen molar-refractivity contribution in [2.24, 2.45) is 16.3 Å². The first kappa shape index (κ1) is 24.2. The molecule has 160 valence electrons. The van der Waals surface area contributed by atoms with Gasteiger partial charge in [-0.05, 0) is 52.6 Å². The number of nitrogens with zero attached hydrogens (tertiary/aromatic N) is 2. The van der Waals surface area contributed by atoms with E-state index in [4.69, 9.17) is 14.5 Å². The van der Waals surface area contributed by atoms with Crippen molar-refractivity contribution in [3.05, 3.63) is 0 Å². The Kier molecular flexibility index (Phi) is 11.3. The van der Waals surface area contributed by atoms with E-state index in [9.17, 15) is 0 Å². The van der Waals surface area contributed by atoms with E-state index >= 15 is 0 Å². The molecule has 1 rings (SSSR count). The molecule has 0 aromatic rings. The molecule has 1 heterocycles. The number of aliphatic imine (C=N–C) groups is 1. The Hall–Kier alpha value is -0.850. The van der Waals surface area contributed by atoms with Gasteiger partial charge in [0, 0.05) is 38.8 Å². The summed E-state index contributed by atoms with van der Waals surface area (Å²) >= 11 is 0. The standard InChI is InChI=1S/C21H44N4O2/c1-8-22-20(24-16-18(26-9-2)12-13-25(6)7)23-15-17-11-10-14-27-19(17)21(3,4)5/h17-19H,8-16H2,1-7H3,(H2,22,23,24). The lowest BCUT2D eigenvalue weighted by Gasteiger charge is -2.40. The van der Waals surface area contributed by atoms with Crippen LogP contribution < -0.4 is 10.6 Å². The zero-order valence-electron chi connectivity index (χ0n) is 18.8. The minimum Gasteiger partial charge on any atom is -0.377 e. The molecule has 3 atom stereocenters. The summed E-state index contributed by atoms with van der Waals surface area (Å²) < 4.78 is 12.0. The van der Waals surface area contributed by atoms with Crippen LogP contribution in [0.15, 0.2) is 4.99 Å². The molecule has 6 heteroatoms. The van der Waals surface area contributed by atoms with Crippen LogP contribution in [0.1, 0.15) is 53.9 Å². The van der Waals surface area contributed by atoms with E-state index < -0.39 is 0 Å². The Labute approximate surface area is 167 Å². The number of rotatable bonds is 10. The van der Waals surface area contributed by atoms with Gasteiger partial charge in [0.15, 0.2) is 5.96 Å². The summed E-state index contributed by atoms with van der Waals surface area (Å²) in [5, 5.41) is 6.92. The summed E-state index contributed by atoms with van der Waals surface area (Å²) in [5.41, 5.74) is 0.161. The molecule has 0 saturated carbocycles. The van der Waals surface area contributed by atoms with Crippen molar-refractivity contribution in [2.45, 2.75) is 66.1 Å². The minimum atomic E-state index is 0.160. The van der Waals surface area contributed by atoms with Crippen LogP contribution >= 0.6 is 0 Å². The molecule has 0 aromatic heterocycles. The van der Waals surface area contributed by atoms with Gasteiger partial charge in [0.2, 0.25) is 0 Å². The van der Waals surface area contributed by atoms with E-state index in [1.165, 1.54) is 6.42 Å². The molecule has 0 radical (unpaired) electrons. The van der Waals surface area contributed by atoms with Gasteiger partial charge in [-0.15, -0.1) is 0 Å². The van der Waals surface area contributed by atoms with Gasteiger partial charge in [-0.2, -0.15) is 0 Å². The largest absolute Gasteiger partial charge is 0.377 e. The van der Waals surface area contributed by atoms with Crippen molar-refractivity contribution in [1.82, 2.24) is 15.5 Å². The third-order valence-electron chi connectivity index (χ3n) is 4.93. The Balaban J connectivity index is 2.63. The molecule has 27 heavy (non-hydrogen) atoms. The van der Waals surface area contributed by atoms with Gasteiger partial charge in [-0.1, -0.05) is 20.8 Å². The highest BCUT2D eigenvalue weighted by molar-refractivity contribution is 5.79. The predicted molar refractivity (Wildman–Crippen MR) is 114 cm³/mol. The molecule has 1 fully saturated rings. The lowest BCUT2D eigenvalue weighted by Crippen LogP contribution is -2.47. The lowest BCUT2D eigenvalue weighted by atomic mass is 9.78. The molecule has 1 aliphatic rings. The Morgan fingerprint density at radius 1 is 1.26 bits per heavy atom. The fourth-order valence-electron chi connectivity index (χ4n) is 3.64. The molecule has 0 spiro atoms. The van der Waals surface area contributed by atoms with E-state index in [2.05, 4.69) is 57.3 Å². The zero-order valence-corrected chi connectivity index (χ0v) is 18.8. The van der Waals surface area contributed by atoms with E-state index in [-0.39, 0.29) is 17.6 Å². The van der Waals surface area contributed by atoms with Crippen molar-refractivity contribution in [1.29, 1.82) is 0 Å². The quantitative estimate of drug-likeness (QED) is 0.448. The van der Waals surface area contributed by atoms with Gasteiger partial charge in [0.1, 0.15) is 0 Å². The van der Waals surface area contributed by atoms with E-state index in [1.54, 1.807) is 0 Å². The highest BCUT2D eigenvalue weighted by Crippen LogP contribution is 2.33. The molecule has 0 bridgehead atoms. The number of hydrogen-bond acceptors (Lipinski definition) is 4. The second-order valence-electron chi connectivity index (χ2n) is 8.83. The summed E-state index contributed by atoms with van der Waals surface area (Å²) in [5.74, 6) is 1.39. The van der Waals surface area contributed by atoms with Crippen LogP contribution in [0.25, 0.3) is 0 Å². The van der Waals surface area contributed by atoms with E-state index in [0.29, 0.717) is 12.5 Å². The second kappa shape index (κ2) is 12.6. The summed E-state index contributed by atoms with van der Waals surface area (Å²) in [6.45, 7) is 16.0. The van der Waals surface area contributed by atoms with Crippen LogP contribution in [0, 0.1) is 11.3 Å². The highest BCUT2D eigenvalue weighted by atomic mass is 16.5. The van der Waals surface area contributed by atoms with Gasteiger partial charge in [-0.3, -0.25) is 4.99 Å². The molecule has 0 aromatic carbocycles. The van der Waals surface area contributed by atoms with Crippen molar-refractivity contribution < 1.29 is 9.47 Å². The number of guanidine groups is 1. The molecule has 1 aliphatic heterocycles.